The smallest absolute Gasteiger partial charge is 0.272 e. The number of nitrogens with two attached hydrogens (primary N) is 1. The number of nitrogens with zero attached hydrogens (tertiary/aromatic N) is 1. The molecule has 1 atom stereocenters. The van der Waals surface area contributed by atoms with E-state index in [2.05, 4.69) is 4.72 Å². The van der Waals surface area contributed by atoms with E-state index in [-0.39, 0.29) is 12.5 Å². The lowest BCUT2D eigenvalue weighted by Gasteiger charge is -2.16. The molecule has 0 aromatic heterocycles. The fraction of sp³-hybridized carbons (Fsp3) is 0.455. The first-order valence-corrected chi connectivity index (χ1v) is 7.32. The van der Waals surface area contributed by atoms with E-state index < -0.39 is 37.4 Å². The van der Waals surface area contributed by atoms with Crippen molar-refractivity contribution in [3.05, 3.63) is 34.1 Å². The molecule has 1 aromatic rings. The summed E-state index contributed by atoms with van der Waals surface area (Å²) in [6.45, 7) is 3.60. The van der Waals surface area contributed by atoms with Gasteiger partial charge in [0.1, 0.15) is 10.7 Å². The van der Waals surface area contributed by atoms with Crippen LogP contribution in [0.1, 0.15) is 13.8 Å². The van der Waals surface area contributed by atoms with Crippen LogP contribution in [0.3, 0.4) is 0 Å². The van der Waals surface area contributed by atoms with Gasteiger partial charge in [0.25, 0.3) is 5.69 Å². The van der Waals surface area contributed by atoms with Crippen molar-refractivity contribution in [3.8, 4) is 0 Å². The third-order valence-corrected chi connectivity index (χ3v) is 4.24. The topological polar surface area (TPSA) is 115 Å². The van der Waals surface area contributed by atoms with E-state index in [1.807, 2.05) is 13.8 Å². The maximum Gasteiger partial charge on any atom is 0.272 e. The molecule has 1 unspecified atom stereocenters. The highest BCUT2D eigenvalue weighted by Crippen LogP contribution is 2.20. The Labute approximate surface area is 116 Å². The Morgan fingerprint density at radius 3 is 2.50 bits per heavy atom. The Kier molecular flexibility index (Phi) is 5.15. The lowest BCUT2D eigenvalue weighted by atomic mass is 10.1. The first kappa shape index (κ1) is 16.5. The van der Waals surface area contributed by atoms with Gasteiger partial charge in [-0.3, -0.25) is 10.1 Å². The average Bonchev–Trinajstić information content (AvgIpc) is 2.35. The van der Waals surface area contributed by atoms with E-state index in [0.717, 1.165) is 12.1 Å². The number of non-ortho nitro benzene ring substituents is 1. The molecule has 0 spiro atoms. The molecule has 0 radical (unpaired) electrons. The number of halogens is 1. The van der Waals surface area contributed by atoms with Crippen molar-refractivity contribution in [2.75, 3.05) is 6.54 Å². The summed E-state index contributed by atoms with van der Waals surface area (Å²) in [5.41, 5.74) is 5.18. The third-order valence-electron chi connectivity index (χ3n) is 2.78. The summed E-state index contributed by atoms with van der Waals surface area (Å²) in [5.74, 6) is -1.12. The first-order chi connectivity index (χ1) is 9.15. The van der Waals surface area contributed by atoms with E-state index in [9.17, 15) is 22.9 Å². The Balaban J connectivity index is 2.96. The zero-order valence-corrected chi connectivity index (χ0v) is 11.9. The quantitative estimate of drug-likeness (QED) is 0.601. The zero-order chi connectivity index (χ0) is 15.5. The molecule has 3 N–H and O–H groups in total. The monoisotopic (exact) mass is 305 g/mol. The highest BCUT2D eigenvalue weighted by Gasteiger charge is 2.22. The second-order valence-corrected chi connectivity index (χ2v) is 6.37. The summed E-state index contributed by atoms with van der Waals surface area (Å²) >= 11 is 0. The molecule has 1 aromatic carbocycles. The molecule has 7 nitrogen and oxygen atoms in total. The largest absolute Gasteiger partial charge is 0.326 e. The van der Waals surface area contributed by atoms with Crippen LogP contribution >= 0.6 is 0 Å². The van der Waals surface area contributed by atoms with Crippen LogP contribution in [0.5, 0.6) is 0 Å². The van der Waals surface area contributed by atoms with Crippen LogP contribution in [-0.2, 0) is 10.0 Å². The van der Waals surface area contributed by atoms with Gasteiger partial charge in [0.2, 0.25) is 10.0 Å². The van der Waals surface area contributed by atoms with E-state index in [4.69, 9.17) is 5.73 Å². The molecule has 112 valence electrons. The summed E-state index contributed by atoms with van der Waals surface area (Å²) in [6, 6.07) is 1.94. The van der Waals surface area contributed by atoms with Crippen LogP contribution in [0.2, 0.25) is 0 Å². The first-order valence-electron chi connectivity index (χ1n) is 5.84. The SMILES string of the molecule is CC(C)C(N)CNS(=O)(=O)c1ccc([N+](=O)[O-])cc1F. The molecule has 9 heteroatoms. The van der Waals surface area contributed by atoms with E-state index in [0.29, 0.717) is 6.07 Å². The summed E-state index contributed by atoms with van der Waals surface area (Å²) in [6.07, 6.45) is 0. The van der Waals surface area contributed by atoms with Gasteiger partial charge in [-0.2, -0.15) is 0 Å². The number of nitro groups is 1. The summed E-state index contributed by atoms with van der Waals surface area (Å²) < 4.78 is 39.6. The van der Waals surface area contributed by atoms with Gasteiger partial charge in [-0.25, -0.2) is 17.5 Å². The average molecular weight is 305 g/mol. The Morgan fingerprint density at radius 2 is 2.05 bits per heavy atom. The number of hydrogen-bond acceptors (Lipinski definition) is 5. The number of benzene rings is 1. The van der Waals surface area contributed by atoms with Gasteiger partial charge in [-0.05, 0) is 12.0 Å². The summed E-state index contributed by atoms with van der Waals surface area (Å²) in [5, 5.41) is 10.5. The molecule has 20 heavy (non-hydrogen) atoms. The molecule has 0 aliphatic carbocycles. The fourth-order valence-electron chi connectivity index (χ4n) is 1.34. The van der Waals surface area contributed by atoms with Gasteiger partial charge in [0, 0.05) is 18.7 Å². The Hall–Kier alpha value is -1.58. The molecule has 0 amide bonds. The third kappa shape index (κ3) is 3.95. The predicted molar refractivity (Wildman–Crippen MR) is 71.1 cm³/mol. The summed E-state index contributed by atoms with van der Waals surface area (Å²) in [4.78, 5) is 9.02. The molecular formula is C11H16FN3O4S. The molecule has 0 fully saturated rings. The molecule has 0 saturated heterocycles. The number of nitro benzene ring substituents is 1. The van der Waals surface area contributed by atoms with E-state index in [1.165, 1.54) is 0 Å². The van der Waals surface area contributed by atoms with Crippen LogP contribution in [0.25, 0.3) is 0 Å². The van der Waals surface area contributed by atoms with Crippen molar-refractivity contribution in [2.45, 2.75) is 24.8 Å². The molecule has 0 bridgehead atoms. The van der Waals surface area contributed by atoms with Gasteiger partial charge in [-0.15, -0.1) is 0 Å². The van der Waals surface area contributed by atoms with Crippen molar-refractivity contribution in [1.82, 2.24) is 4.72 Å². The highest BCUT2D eigenvalue weighted by atomic mass is 32.2. The molecule has 0 heterocycles. The van der Waals surface area contributed by atoms with Gasteiger partial charge in [0.15, 0.2) is 0 Å². The van der Waals surface area contributed by atoms with Crippen molar-refractivity contribution < 1.29 is 17.7 Å². The number of rotatable bonds is 6. The second-order valence-electron chi connectivity index (χ2n) is 4.63. The second kappa shape index (κ2) is 6.25. The molecule has 0 aliphatic heterocycles. The Bertz CT molecular complexity index is 604. The van der Waals surface area contributed by atoms with Crippen LogP contribution in [0.4, 0.5) is 10.1 Å². The van der Waals surface area contributed by atoms with Crippen molar-refractivity contribution in [2.24, 2.45) is 11.7 Å². The summed E-state index contributed by atoms with van der Waals surface area (Å²) in [7, 11) is -4.09. The molecule has 0 saturated carbocycles. The normalized spacial score (nSPS) is 13.4. The van der Waals surface area contributed by atoms with E-state index >= 15 is 0 Å². The van der Waals surface area contributed by atoms with Gasteiger partial charge >= 0.3 is 0 Å². The van der Waals surface area contributed by atoms with Crippen molar-refractivity contribution in [1.29, 1.82) is 0 Å². The minimum Gasteiger partial charge on any atom is -0.326 e. The van der Waals surface area contributed by atoms with Crippen molar-refractivity contribution >= 4 is 15.7 Å². The fourth-order valence-corrected chi connectivity index (χ4v) is 2.47. The molecule has 0 aliphatic rings. The van der Waals surface area contributed by atoms with Crippen LogP contribution in [-0.4, -0.2) is 25.9 Å². The minimum atomic E-state index is -4.09. The maximum atomic E-state index is 13.6. The van der Waals surface area contributed by atoms with Crippen LogP contribution in [0, 0.1) is 21.8 Å². The zero-order valence-electron chi connectivity index (χ0n) is 11.0. The maximum absolute atomic E-state index is 13.6. The standard InChI is InChI=1S/C11H16FN3O4S/c1-7(2)10(13)6-14-20(18,19)11-4-3-8(15(16)17)5-9(11)12/h3-5,7,10,14H,6,13H2,1-2H3. The molecular weight excluding hydrogens is 289 g/mol. The van der Waals surface area contributed by atoms with Gasteiger partial charge in [-0.1, -0.05) is 13.8 Å². The van der Waals surface area contributed by atoms with Gasteiger partial charge in [0.05, 0.1) is 11.0 Å². The number of nitrogens with one attached hydrogen (secondary N) is 1. The number of hydrogen-bond donors (Lipinski definition) is 2. The molecule has 1 rings (SSSR count). The number of sulfonamides is 1. The lowest BCUT2D eigenvalue weighted by Crippen LogP contribution is -2.40. The Morgan fingerprint density at radius 1 is 1.45 bits per heavy atom. The predicted octanol–water partition coefficient (Wildman–Crippen LogP) is 0.996. The minimum absolute atomic E-state index is 0.0452. The van der Waals surface area contributed by atoms with Gasteiger partial charge < -0.3 is 5.73 Å². The highest BCUT2D eigenvalue weighted by molar-refractivity contribution is 7.89. The lowest BCUT2D eigenvalue weighted by molar-refractivity contribution is -0.385. The van der Waals surface area contributed by atoms with Crippen molar-refractivity contribution in [3.63, 3.8) is 0 Å². The van der Waals surface area contributed by atoms with Crippen LogP contribution < -0.4 is 10.5 Å². The van der Waals surface area contributed by atoms with Crippen LogP contribution in [0.15, 0.2) is 23.1 Å². The van der Waals surface area contributed by atoms with E-state index in [1.54, 1.807) is 0 Å².